The Balaban J connectivity index is 2.34. The van der Waals surface area contributed by atoms with Crippen LogP contribution in [-0.4, -0.2) is 6.54 Å². The lowest BCUT2D eigenvalue weighted by molar-refractivity contribution is 0.489. The molecule has 1 atom stereocenters. The topological polar surface area (TPSA) is 38.0 Å². The van der Waals surface area contributed by atoms with E-state index in [0.29, 0.717) is 5.92 Å². The third kappa shape index (κ3) is 3.90. The molecule has 1 aromatic carbocycles. The van der Waals surface area contributed by atoms with E-state index >= 15 is 0 Å². The van der Waals surface area contributed by atoms with Gasteiger partial charge < -0.3 is 0 Å². The molecule has 0 aliphatic heterocycles. The molecule has 1 unspecified atom stereocenters. The Morgan fingerprint density at radius 1 is 1.29 bits per heavy atom. The monoisotopic (exact) mass is 192 g/mol. The van der Waals surface area contributed by atoms with Gasteiger partial charge in [-0.05, 0) is 31.2 Å². The number of rotatable bonds is 5. The first-order valence-electron chi connectivity index (χ1n) is 5.21. The van der Waals surface area contributed by atoms with E-state index < -0.39 is 0 Å². The largest absolute Gasteiger partial charge is 0.271 e. The molecule has 0 heterocycles. The predicted molar refractivity (Wildman–Crippen MR) is 60.9 cm³/mol. The highest BCUT2D eigenvalue weighted by Gasteiger charge is 2.01. The summed E-state index contributed by atoms with van der Waals surface area (Å²) in [5.41, 5.74) is 5.45. The molecule has 0 fully saturated rings. The van der Waals surface area contributed by atoms with Crippen molar-refractivity contribution in [3.63, 3.8) is 0 Å². The molecule has 0 spiro atoms. The van der Waals surface area contributed by atoms with Crippen molar-refractivity contribution in [3.8, 4) is 0 Å². The summed E-state index contributed by atoms with van der Waals surface area (Å²) < 4.78 is 0. The summed E-state index contributed by atoms with van der Waals surface area (Å²) in [6, 6.07) is 8.75. The Bertz CT molecular complexity index is 254. The second kappa shape index (κ2) is 5.78. The van der Waals surface area contributed by atoms with Gasteiger partial charge in [-0.25, -0.2) is 0 Å². The molecular weight excluding hydrogens is 172 g/mol. The minimum Gasteiger partial charge on any atom is -0.271 e. The summed E-state index contributed by atoms with van der Waals surface area (Å²) in [6.45, 7) is 5.23. The molecule has 78 valence electrons. The van der Waals surface area contributed by atoms with Gasteiger partial charge >= 0.3 is 0 Å². The van der Waals surface area contributed by atoms with Gasteiger partial charge in [-0.2, -0.15) is 0 Å². The van der Waals surface area contributed by atoms with Crippen molar-refractivity contribution in [2.45, 2.75) is 26.7 Å². The maximum Gasteiger partial charge on any atom is 0.0123 e. The van der Waals surface area contributed by atoms with E-state index in [9.17, 15) is 0 Å². The Hall–Kier alpha value is -0.860. The minimum atomic E-state index is 0.640. The van der Waals surface area contributed by atoms with Crippen molar-refractivity contribution in [1.82, 2.24) is 5.43 Å². The molecule has 0 aromatic heterocycles. The molecule has 0 bridgehead atoms. The van der Waals surface area contributed by atoms with Gasteiger partial charge in [0.25, 0.3) is 0 Å². The number of aryl methyl sites for hydroxylation is 2. The van der Waals surface area contributed by atoms with Crippen LogP contribution >= 0.6 is 0 Å². The first-order chi connectivity index (χ1) is 6.72. The van der Waals surface area contributed by atoms with Gasteiger partial charge in [0.1, 0.15) is 0 Å². The van der Waals surface area contributed by atoms with Crippen molar-refractivity contribution >= 4 is 0 Å². The van der Waals surface area contributed by atoms with E-state index in [1.165, 1.54) is 17.5 Å². The van der Waals surface area contributed by atoms with Crippen LogP contribution in [0.15, 0.2) is 24.3 Å². The zero-order chi connectivity index (χ0) is 10.4. The number of nitrogens with one attached hydrogen (secondary N) is 1. The molecule has 3 N–H and O–H groups in total. The Morgan fingerprint density at radius 2 is 1.93 bits per heavy atom. The summed E-state index contributed by atoms with van der Waals surface area (Å²) in [4.78, 5) is 0. The summed E-state index contributed by atoms with van der Waals surface area (Å²) in [5.74, 6) is 5.91. The van der Waals surface area contributed by atoms with E-state index in [-0.39, 0.29) is 0 Å². The fourth-order valence-electron chi connectivity index (χ4n) is 1.47. The van der Waals surface area contributed by atoms with Crippen molar-refractivity contribution in [1.29, 1.82) is 0 Å². The third-order valence-corrected chi connectivity index (χ3v) is 2.51. The van der Waals surface area contributed by atoms with E-state index in [1.807, 2.05) is 0 Å². The van der Waals surface area contributed by atoms with Crippen LogP contribution in [0.2, 0.25) is 0 Å². The molecule has 14 heavy (non-hydrogen) atoms. The molecule has 0 aliphatic carbocycles. The lowest BCUT2D eigenvalue weighted by atomic mass is 10.0. The second-order valence-electron chi connectivity index (χ2n) is 4.04. The summed E-state index contributed by atoms with van der Waals surface area (Å²) in [6.07, 6.45) is 2.33. The molecule has 0 saturated heterocycles. The zero-order valence-corrected chi connectivity index (χ0v) is 9.09. The van der Waals surface area contributed by atoms with Gasteiger partial charge in [0, 0.05) is 6.54 Å². The average Bonchev–Trinajstić information content (AvgIpc) is 2.17. The highest BCUT2D eigenvalue weighted by Crippen LogP contribution is 2.09. The fraction of sp³-hybridized carbons (Fsp3) is 0.500. The van der Waals surface area contributed by atoms with Crippen molar-refractivity contribution in [3.05, 3.63) is 35.4 Å². The Kier molecular flexibility index (Phi) is 4.63. The molecule has 1 aromatic rings. The molecule has 0 amide bonds. The number of hydrazine groups is 1. The van der Waals surface area contributed by atoms with Gasteiger partial charge in [-0.1, -0.05) is 36.8 Å². The predicted octanol–water partition coefficient (Wildman–Crippen LogP) is 2.03. The van der Waals surface area contributed by atoms with Crippen LogP contribution in [0.5, 0.6) is 0 Å². The van der Waals surface area contributed by atoms with Crippen molar-refractivity contribution < 1.29 is 0 Å². The molecule has 0 aliphatic rings. The fourth-order valence-corrected chi connectivity index (χ4v) is 1.47. The van der Waals surface area contributed by atoms with Crippen LogP contribution in [0.4, 0.5) is 0 Å². The van der Waals surface area contributed by atoms with Crippen molar-refractivity contribution in [2.75, 3.05) is 6.54 Å². The molecule has 2 nitrogen and oxygen atoms in total. The van der Waals surface area contributed by atoms with Crippen molar-refractivity contribution in [2.24, 2.45) is 11.8 Å². The zero-order valence-electron chi connectivity index (χ0n) is 9.09. The van der Waals surface area contributed by atoms with Crippen LogP contribution in [0, 0.1) is 12.8 Å². The number of hydrogen-bond donors (Lipinski definition) is 2. The number of hydrogen-bond acceptors (Lipinski definition) is 2. The maximum absolute atomic E-state index is 5.27. The van der Waals surface area contributed by atoms with Crippen LogP contribution in [-0.2, 0) is 6.42 Å². The quantitative estimate of drug-likeness (QED) is 0.553. The smallest absolute Gasteiger partial charge is 0.0123 e. The highest BCUT2D eigenvalue weighted by molar-refractivity contribution is 5.21. The number of nitrogens with two attached hydrogens (primary N) is 1. The minimum absolute atomic E-state index is 0.640. The second-order valence-corrected chi connectivity index (χ2v) is 4.04. The van der Waals surface area contributed by atoms with Crippen LogP contribution < -0.4 is 11.3 Å². The van der Waals surface area contributed by atoms with Gasteiger partial charge in [-0.3, -0.25) is 11.3 Å². The standard InChI is InChI=1S/C12H20N2/c1-10-3-6-12(7-4-10)8-5-11(2)9-14-13/h3-4,6-7,11,14H,5,8-9,13H2,1-2H3. The van der Waals surface area contributed by atoms with E-state index in [4.69, 9.17) is 5.84 Å². The molecule has 0 saturated carbocycles. The maximum atomic E-state index is 5.27. The SMILES string of the molecule is Cc1ccc(CCC(C)CNN)cc1. The summed E-state index contributed by atoms with van der Waals surface area (Å²) in [7, 11) is 0. The van der Waals surface area contributed by atoms with E-state index in [2.05, 4.69) is 43.5 Å². The first-order valence-corrected chi connectivity index (χ1v) is 5.21. The number of benzene rings is 1. The summed E-state index contributed by atoms with van der Waals surface area (Å²) >= 11 is 0. The van der Waals surface area contributed by atoms with E-state index in [1.54, 1.807) is 0 Å². The molecule has 0 radical (unpaired) electrons. The molecule has 1 rings (SSSR count). The molecular formula is C12H20N2. The van der Waals surface area contributed by atoms with E-state index in [0.717, 1.165) is 13.0 Å². The molecule has 2 heteroatoms. The van der Waals surface area contributed by atoms with Crippen LogP contribution in [0.1, 0.15) is 24.5 Å². The van der Waals surface area contributed by atoms with Gasteiger partial charge in [0.2, 0.25) is 0 Å². The highest BCUT2D eigenvalue weighted by atomic mass is 15.2. The normalized spacial score (nSPS) is 12.8. The lowest BCUT2D eigenvalue weighted by Crippen LogP contribution is -2.27. The van der Waals surface area contributed by atoms with Gasteiger partial charge in [-0.15, -0.1) is 0 Å². The Morgan fingerprint density at radius 3 is 2.50 bits per heavy atom. The lowest BCUT2D eigenvalue weighted by Gasteiger charge is -2.10. The third-order valence-electron chi connectivity index (χ3n) is 2.51. The summed E-state index contributed by atoms with van der Waals surface area (Å²) in [5, 5.41) is 0. The van der Waals surface area contributed by atoms with Gasteiger partial charge in [0.15, 0.2) is 0 Å². The Labute approximate surface area is 86.5 Å². The van der Waals surface area contributed by atoms with Gasteiger partial charge in [0.05, 0.1) is 0 Å². The van der Waals surface area contributed by atoms with Crippen LogP contribution in [0.25, 0.3) is 0 Å². The first kappa shape index (κ1) is 11.2. The van der Waals surface area contributed by atoms with Crippen LogP contribution in [0.3, 0.4) is 0 Å². The average molecular weight is 192 g/mol.